The van der Waals surface area contributed by atoms with Crippen LogP contribution in [0.1, 0.15) is 37.7 Å². The highest BCUT2D eigenvalue weighted by atomic mass is 32.2. The van der Waals surface area contributed by atoms with Crippen LogP contribution < -0.4 is 0 Å². The number of sulfone groups is 1. The van der Waals surface area contributed by atoms with E-state index in [9.17, 15) is 13.7 Å². The number of benzene rings is 1. The van der Waals surface area contributed by atoms with Gasteiger partial charge in [-0.05, 0) is 70.5 Å². The largest absolute Gasteiger partial charge is 0.319 e. The number of aromatic nitrogens is 1. The molecule has 1 heterocycles. The highest BCUT2D eigenvalue weighted by molar-refractivity contribution is 7.97. The number of hydrogen-bond acceptors (Lipinski definition) is 3. The maximum atomic E-state index is 12.4. The van der Waals surface area contributed by atoms with Gasteiger partial charge in [0.15, 0.2) is 9.84 Å². The van der Waals surface area contributed by atoms with Crippen molar-refractivity contribution in [2.75, 3.05) is 0 Å². The molecule has 0 bridgehead atoms. The molecule has 0 radical (unpaired) electrons. The van der Waals surface area contributed by atoms with Gasteiger partial charge in [-0.15, -0.1) is 0 Å². The van der Waals surface area contributed by atoms with Gasteiger partial charge in [0, 0.05) is 17.1 Å². The van der Waals surface area contributed by atoms with E-state index < -0.39 is 14.6 Å². The molecule has 2 aromatic rings. The molecule has 1 aromatic carbocycles. The summed E-state index contributed by atoms with van der Waals surface area (Å²) in [5, 5.41) is 9.26. The zero-order valence-electron chi connectivity index (χ0n) is 14.7. The summed E-state index contributed by atoms with van der Waals surface area (Å²) in [5.41, 5.74) is 3.95. The summed E-state index contributed by atoms with van der Waals surface area (Å²) in [6.07, 6.45) is 1.43. The summed E-state index contributed by atoms with van der Waals surface area (Å²) >= 11 is 0. The van der Waals surface area contributed by atoms with E-state index in [2.05, 4.69) is 4.57 Å². The van der Waals surface area contributed by atoms with Crippen LogP contribution in [-0.2, 0) is 9.84 Å². The smallest absolute Gasteiger partial charge is 0.193 e. The molecule has 0 unspecified atom stereocenters. The normalized spacial score (nSPS) is 12.9. The van der Waals surface area contributed by atoms with E-state index in [1.807, 2.05) is 56.3 Å². The van der Waals surface area contributed by atoms with Crippen LogP contribution in [0.25, 0.3) is 11.8 Å². The van der Waals surface area contributed by atoms with Crippen molar-refractivity contribution < 1.29 is 8.42 Å². The Balaban J connectivity index is 2.43. The highest BCUT2D eigenvalue weighted by Gasteiger charge is 2.33. The molecule has 0 amide bonds. The van der Waals surface area contributed by atoms with E-state index >= 15 is 0 Å². The summed E-state index contributed by atoms with van der Waals surface area (Å²) in [4.78, 5) is -0.212. The van der Waals surface area contributed by atoms with Crippen molar-refractivity contribution in [3.63, 3.8) is 0 Å². The molecule has 0 aliphatic heterocycles. The second-order valence-corrected chi connectivity index (χ2v) is 9.45. The first-order chi connectivity index (χ1) is 11.1. The Bertz CT molecular complexity index is 900. The number of aryl methyl sites for hydroxylation is 2. The third-order valence-electron chi connectivity index (χ3n) is 3.93. The average molecular weight is 342 g/mol. The van der Waals surface area contributed by atoms with E-state index in [-0.39, 0.29) is 4.91 Å². The molecule has 0 fully saturated rings. The van der Waals surface area contributed by atoms with Crippen molar-refractivity contribution >= 4 is 15.9 Å². The summed E-state index contributed by atoms with van der Waals surface area (Å²) in [6, 6.07) is 13.4. The van der Waals surface area contributed by atoms with Gasteiger partial charge in [-0.2, -0.15) is 5.26 Å². The van der Waals surface area contributed by atoms with Crippen LogP contribution in [0.15, 0.2) is 41.3 Å². The Morgan fingerprint density at radius 2 is 1.54 bits per heavy atom. The lowest BCUT2D eigenvalue weighted by molar-refractivity contribution is 0.568. The van der Waals surface area contributed by atoms with Crippen LogP contribution in [0.5, 0.6) is 0 Å². The molecular weight excluding hydrogens is 320 g/mol. The molecule has 0 saturated heterocycles. The second kappa shape index (κ2) is 6.29. The van der Waals surface area contributed by atoms with E-state index in [1.54, 1.807) is 20.8 Å². The number of nitriles is 1. The topological polar surface area (TPSA) is 62.9 Å². The van der Waals surface area contributed by atoms with E-state index in [4.69, 9.17) is 0 Å². The Hall–Kier alpha value is -2.32. The van der Waals surface area contributed by atoms with Crippen molar-refractivity contribution in [1.29, 1.82) is 5.26 Å². The van der Waals surface area contributed by atoms with Crippen molar-refractivity contribution in [3.05, 3.63) is 58.3 Å². The van der Waals surface area contributed by atoms with Gasteiger partial charge in [-0.1, -0.05) is 12.1 Å². The van der Waals surface area contributed by atoms with Gasteiger partial charge in [-0.25, -0.2) is 8.42 Å². The van der Waals surface area contributed by atoms with Crippen LogP contribution in [-0.4, -0.2) is 17.7 Å². The van der Waals surface area contributed by atoms with E-state index in [0.717, 1.165) is 17.1 Å². The fourth-order valence-electron chi connectivity index (χ4n) is 2.45. The number of allylic oxidation sites excluding steroid dienone is 1. The molecule has 0 aliphatic rings. The third-order valence-corrected chi connectivity index (χ3v) is 6.33. The fraction of sp³-hybridized carbons (Fsp3) is 0.316. The lowest BCUT2D eigenvalue weighted by Crippen LogP contribution is -2.28. The third kappa shape index (κ3) is 3.29. The average Bonchev–Trinajstić information content (AvgIpc) is 2.83. The minimum atomic E-state index is -3.66. The van der Waals surface area contributed by atoms with E-state index in [0.29, 0.717) is 5.56 Å². The number of nitrogens with zero attached hydrogens (tertiary/aromatic N) is 2. The van der Waals surface area contributed by atoms with Gasteiger partial charge in [0.1, 0.15) is 11.0 Å². The maximum Gasteiger partial charge on any atom is 0.193 e. The van der Waals surface area contributed by atoms with Crippen LogP contribution in [0, 0.1) is 25.2 Å². The highest BCUT2D eigenvalue weighted by Crippen LogP contribution is 2.25. The molecule has 4 nitrogen and oxygen atoms in total. The van der Waals surface area contributed by atoms with Gasteiger partial charge >= 0.3 is 0 Å². The molecule has 0 N–H and O–H groups in total. The lowest BCUT2D eigenvalue weighted by atomic mass is 10.2. The zero-order valence-corrected chi connectivity index (χ0v) is 15.5. The van der Waals surface area contributed by atoms with Crippen molar-refractivity contribution in [2.24, 2.45) is 0 Å². The summed E-state index contributed by atoms with van der Waals surface area (Å²) in [7, 11) is -3.66. The van der Waals surface area contributed by atoms with Gasteiger partial charge in [0.25, 0.3) is 0 Å². The molecule has 0 spiro atoms. The monoisotopic (exact) mass is 342 g/mol. The predicted molar refractivity (Wildman–Crippen MR) is 97.5 cm³/mol. The van der Waals surface area contributed by atoms with Crippen LogP contribution in [0.4, 0.5) is 0 Å². The summed E-state index contributed by atoms with van der Waals surface area (Å²) in [5.74, 6) is 0. The maximum absolute atomic E-state index is 12.4. The fourth-order valence-corrected chi connectivity index (χ4v) is 3.52. The van der Waals surface area contributed by atoms with Gasteiger partial charge < -0.3 is 4.57 Å². The quantitative estimate of drug-likeness (QED) is 0.786. The molecule has 2 rings (SSSR count). The van der Waals surface area contributed by atoms with Crippen LogP contribution in [0.2, 0.25) is 0 Å². The Morgan fingerprint density at radius 3 is 1.96 bits per heavy atom. The summed E-state index contributed by atoms with van der Waals surface area (Å²) in [6.45, 7) is 8.84. The lowest BCUT2D eigenvalue weighted by Gasteiger charge is -2.18. The molecule has 24 heavy (non-hydrogen) atoms. The standard InChI is InChI=1S/C19H22N2O2S/c1-14-6-7-15(2)21(14)17-10-8-16(9-11-17)12-18(13-20)24(22,23)19(3,4)5/h6-12H,1-5H3. The molecule has 0 atom stereocenters. The number of hydrogen-bond donors (Lipinski definition) is 0. The molecule has 5 heteroatoms. The molecule has 0 saturated carbocycles. The van der Waals surface area contributed by atoms with Crippen LogP contribution >= 0.6 is 0 Å². The van der Waals surface area contributed by atoms with Gasteiger partial charge in [0.2, 0.25) is 0 Å². The zero-order chi connectivity index (χ0) is 18.1. The molecular formula is C19H22N2O2S. The molecule has 1 aromatic heterocycles. The van der Waals surface area contributed by atoms with Gasteiger partial charge in [0.05, 0.1) is 4.75 Å². The Kier molecular flexibility index (Phi) is 4.73. The Labute approximate surface area is 144 Å². The van der Waals surface area contributed by atoms with Crippen molar-refractivity contribution in [3.8, 4) is 11.8 Å². The summed E-state index contributed by atoms with van der Waals surface area (Å²) < 4.78 is 26.0. The minimum Gasteiger partial charge on any atom is -0.319 e. The predicted octanol–water partition coefficient (Wildman–Crippen LogP) is 4.17. The second-order valence-electron chi connectivity index (χ2n) is 6.78. The molecule has 126 valence electrons. The Morgan fingerprint density at radius 1 is 1.04 bits per heavy atom. The van der Waals surface area contributed by atoms with Crippen LogP contribution in [0.3, 0.4) is 0 Å². The minimum absolute atomic E-state index is 0.212. The molecule has 0 aliphatic carbocycles. The SMILES string of the molecule is Cc1ccc(C)n1-c1ccc(C=C(C#N)S(=O)(=O)C(C)(C)C)cc1. The van der Waals surface area contributed by atoms with E-state index in [1.165, 1.54) is 6.08 Å². The first-order valence-electron chi connectivity index (χ1n) is 7.70. The van der Waals surface area contributed by atoms with Crippen molar-refractivity contribution in [2.45, 2.75) is 39.4 Å². The van der Waals surface area contributed by atoms with Gasteiger partial charge in [-0.3, -0.25) is 0 Å². The van der Waals surface area contributed by atoms with Crippen molar-refractivity contribution in [1.82, 2.24) is 4.57 Å². The number of rotatable bonds is 3. The first kappa shape index (κ1) is 18.0. The first-order valence-corrected chi connectivity index (χ1v) is 9.18.